The smallest absolute Gasteiger partial charge is 0.131 e. The van der Waals surface area contributed by atoms with Gasteiger partial charge in [-0.15, -0.1) is 0 Å². The van der Waals surface area contributed by atoms with E-state index in [1.807, 2.05) is 0 Å². The summed E-state index contributed by atoms with van der Waals surface area (Å²) in [7, 11) is 0. The van der Waals surface area contributed by atoms with Crippen LogP contribution in [-0.2, 0) is 6.42 Å². The Morgan fingerprint density at radius 1 is 1.39 bits per heavy atom. The van der Waals surface area contributed by atoms with Crippen LogP contribution in [0.2, 0.25) is 0 Å². The van der Waals surface area contributed by atoms with E-state index >= 15 is 0 Å². The number of pyridine rings is 1. The first-order valence-corrected chi connectivity index (χ1v) is 5.71. The maximum Gasteiger partial charge on any atom is 0.131 e. The molecule has 0 radical (unpaired) electrons. The van der Waals surface area contributed by atoms with E-state index < -0.39 is 6.10 Å². The molecule has 1 aromatic heterocycles. The zero-order valence-corrected chi connectivity index (χ0v) is 10.1. The fraction of sp³-hybridized carbons (Fsp3) is 0.214. The van der Waals surface area contributed by atoms with Crippen molar-refractivity contribution in [2.24, 2.45) is 0 Å². The zero-order chi connectivity index (χ0) is 13.1. The van der Waals surface area contributed by atoms with E-state index in [4.69, 9.17) is 5.73 Å². The summed E-state index contributed by atoms with van der Waals surface area (Å²) in [6.07, 6.45) is 1.00. The summed E-state index contributed by atoms with van der Waals surface area (Å²) in [5, 5.41) is 10.1. The van der Waals surface area contributed by atoms with Gasteiger partial charge in [0.1, 0.15) is 11.6 Å². The molecule has 0 aliphatic carbocycles. The predicted octanol–water partition coefficient (Wildman–Crippen LogP) is 2.39. The minimum Gasteiger partial charge on any atom is -0.388 e. The number of aliphatic hydroxyl groups is 1. The SMILES string of the molecule is Cc1cccc(C(O)Cc2ccnc(N)c2)c1F. The van der Waals surface area contributed by atoms with E-state index in [1.165, 1.54) is 0 Å². The van der Waals surface area contributed by atoms with Gasteiger partial charge in [-0.25, -0.2) is 9.37 Å². The third-order valence-corrected chi connectivity index (χ3v) is 2.86. The number of hydrogen-bond donors (Lipinski definition) is 2. The number of nitrogens with zero attached hydrogens (tertiary/aromatic N) is 1. The molecule has 1 unspecified atom stereocenters. The van der Waals surface area contributed by atoms with Crippen LogP contribution in [0.5, 0.6) is 0 Å². The zero-order valence-electron chi connectivity index (χ0n) is 10.1. The lowest BCUT2D eigenvalue weighted by atomic mass is 10.00. The molecular weight excluding hydrogens is 231 g/mol. The van der Waals surface area contributed by atoms with Gasteiger partial charge >= 0.3 is 0 Å². The largest absolute Gasteiger partial charge is 0.388 e. The van der Waals surface area contributed by atoms with Gasteiger partial charge in [0.05, 0.1) is 6.10 Å². The Morgan fingerprint density at radius 2 is 2.17 bits per heavy atom. The minimum absolute atomic E-state index is 0.311. The Kier molecular flexibility index (Phi) is 3.58. The molecule has 0 fully saturated rings. The molecule has 94 valence electrons. The number of benzene rings is 1. The summed E-state index contributed by atoms with van der Waals surface area (Å²) in [4.78, 5) is 3.87. The third-order valence-electron chi connectivity index (χ3n) is 2.86. The Balaban J connectivity index is 2.22. The van der Waals surface area contributed by atoms with Crippen LogP contribution in [0.25, 0.3) is 0 Å². The molecule has 1 aromatic carbocycles. The highest BCUT2D eigenvalue weighted by molar-refractivity contribution is 5.33. The van der Waals surface area contributed by atoms with Crippen molar-refractivity contribution in [2.75, 3.05) is 5.73 Å². The number of aromatic nitrogens is 1. The van der Waals surface area contributed by atoms with Gasteiger partial charge in [-0.1, -0.05) is 18.2 Å². The first-order chi connectivity index (χ1) is 8.58. The normalized spacial score (nSPS) is 12.4. The van der Waals surface area contributed by atoms with Gasteiger partial charge in [0, 0.05) is 18.2 Å². The molecule has 0 saturated heterocycles. The van der Waals surface area contributed by atoms with E-state index in [9.17, 15) is 9.50 Å². The average Bonchev–Trinajstić information content (AvgIpc) is 2.32. The number of aliphatic hydroxyl groups excluding tert-OH is 1. The molecule has 4 heteroatoms. The number of hydrogen-bond acceptors (Lipinski definition) is 3. The molecule has 0 aliphatic heterocycles. The van der Waals surface area contributed by atoms with Gasteiger partial charge in [0.15, 0.2) is 0 Å². The number of nitrogen functional groups attached to an aromatic ring is 1. The van der Waals surface area contributed by atoms with Gasteiger partial charge < -0.3 is 10.8 Å². The Morgan fingerprint density at radius 3 is 2.89 bits per heavy atom. The van der Waals surface area contributed by atoms with Gasteiger partial charge in [-0.3, -0.25) is 0 Å². The predicted molar refractivity (Wildman–Crippen MR) is 68.5 cm³/mol. The number of aryl methyl sites for hydroxylation is 1. The summed E-state index contributed by atoms with van der Waals surface area (Å²) in [6.45, 7) is 1.68. The quantitative estimate of drug-likeness (QED) is 0.874. The van der Waals surface area contributed by atoms with Crippen LogP contribution in [0.3, 0.4) is 0 Å². The van der Waals surface area contributed by atoms with Crippen molar-refractivity contribution in [3.8, 4) is 0 Å². The molecule has 1 atom stereocenters. The lowest BCUT2D eigenvalue weighted by Gasteiger charge is -2.13. The van der Waals surface area contributed by atoms with E-state index in [0.29, 0.717) is 23.4 Å². The highest BCUT2D eigenvalue weighted by Crippen LogP contribution is 2.23. The van der Waals surface area contributed by atoms with Crippen molar-refractivity contribution in [2.45, 2.75) is 19.4 Å². The molecule has 0 aliphatic rings. The fourth-order valence-corrected chi connectivity index (χ4v) is 1.88. The number of anilines is 1. The lowest BCUT2D eigenvalue weighted by Crippen LogP contribution is -2.06. The van der Waals surface area contributed by atoms with Crippen LogP contribution in [0, 0.1) is 12.7 Å². The molecule has 2 aromatic rings. The van der Waals surface area contributed by atoms with Gasteiger partial charge in [0.2, 0.25) is 0 Å². The second-order valence-electron chi connectivity index (χ2n) is 4.29. The average molecular weight is 246 g/mol. The molecule has 0 spiro atoms. The number of halogens is 1. The number of nitrogens with two attached hydrogens (primary N) is 1. The van der Waals surface area contributed by atoms with Gasteiger partial charge in [-0.2, -0.15) is 0 Å². The first-order valence-electron chi connectivity index (χ1n) is 5.71. The number of rotatable bonds is 3. The van der Waals surface area contributed by atoms with Gasteiger partial charge in [0.25, 0.3) is 0 Å². The van der Waals surface area contributed by atoms with E-state index in [2.05, 4.69) is 4.98 Å². The van der Waals surface area contributed by atoms with Crippen LogP contribution in [0.15, 0.2) is 36.5 Å². The maximum atomic E-state index is 13.8. The van der Waals surface area contributed by atoms with E-state index in [0.717, 1.165) is 5.56 Å². The van der Waals surface area contributed by atoms with Crippen molar-refractivity contribution in [3.63, 3.8) is 0 Å². The molecule has 0 saturated carbocycles. The maximum absolute atomic E-state index is 13.8. The summed E-state index contributed by atoms with van der Waals surface area (Å²) >= 11 is 0. The Bertz CT molecular complexity index is 557. The van der Waals surface area contributed by atoms with Crippen LogP contribution < -0.4 is 5.73 Å². The standard InChI is InChI=1S/C14H15FN2O/c1-9-3-2-4-11(14(9)15)12(18)7-10-5-6-17-13(16)8-10/h2-6,8,12,18H,7H2,1H3,(H2,16,17). The summed E-state index contributed by atoms with van der Waals surface area (Å²) < 4.78 is 13.8. The summed E-state index contributed by atoms with van der Waals surface area (Å²) in [5.41, 5.74) is 7.23. The minimum atomic E-state index is -0.883. The molecular formula is C14H15FN2O. The molecule has 3 N–H and O–H groups in total. The third kappa shape index (κ3) is 2.65. The van der Waals surface area contributed by atoms with Gasteiger partial charge in [-0.05, 0) is 30.2 Å². The first kappa shape index (κ1) is 12.5. The molecule has 3 nitrogen and oxygen atoms in total. The van der Waals surface area contributed by atoms with Crippen LogP contribution >= 0.6 is 0 Å². The lowest BCUT2D eigenvalue weighted by molar-refractivity contribution is 0.173. The second-order valence-corrected chi connectivity index (χ2v) is 4.29. The van der Waals surface area contributed by atoms with Crippen LogP contribution in [0.4, 0.5) is 10.2 Å². The Hall–Kier alpha value is -1.94. The van der Waals surface area contributed by atoms with Crippen molar-refractivity contribution < 1.29 is 9.50 Å². The summed E-state index contributed by atoms with van der Waals surface area (Å²) in [5.74, 6) is 0.0384. The van der Waals surface area contributed by atoms with Crippen molar-refractivity contribution in [1.29, 1.82) is 0 Å². The van der Waals surface area contributed by atoms with E-state index in [1.54, 1.807) is 43.5 Å². The highest BCUT2D eigenvalue weighted by Gasteiger charge is 2.14. The second kappa shape index (κ2) is 5.14. The van der Waals surface area contributed by atoms with Crippen LogP contribution in [0.1, 0.15) is 22.8 Å². The monoisotopic (exact) mass is 246 g/mol. The fourth-order valence-electron chi connectivity index (χ4n) is 1.88. The molecule has 0 bridgehead atoms. The van der Waals surface area contributed by atoms with Crippen molar-refractivity contribution in [3.05, 3.63) is 59.0 Å². The highest BCUT2D eigenvalue weighted by atomic mass is 19.1. The topological polar surface area (TPSA) is 59.1 Å². The molecule has 1 heterocycles. The Labute approximate surface area is 105 Å². The molecule has 18 heavy (non-hydrogen) atoms. The molecule has 2 rings (SSSR count). The summed E-state index contributed by atoms with van der Waals surface area (Å²) in [6, 6.07) is 8.44. The molecule has 0 amide bonds. The van der Waals surface area contributed by atoms with Crippen LogP contribution in [-0.4, -0.2) is 10.1 Å². The van der Waals surface area contributed by atoms with Crippen molar-refractivity contribution >= 4 is 5.82 Å². The van der Waals surface area contributed by atoms with Crippen molar-refractivity contribution in [1.82, 2.24) is 4.98 Å². The van der Waals surface area contributed by atoms with E-state index in [-0.39, 0.29) is 5.82 Å².